The maximum atomic E-state index is 13.1. The van der Waals surface area contributed by atoms with Gasteiger partial charge in [-0.2, -0.15) is 0 Å². The molecule has 5 nitrogen and oxygen atoms in total. The number of rotatable bonds is 7. The summed E-state index contributed by atoms with van der Waals surface area (Å²) in [7, 11) is 0. The highest BCUT2D eigenvalue weighted by Crippen LogP contribution is 2.24. The number of nitrogens with one attached hydrogen (secondary N) is 1. The van der Waals surface area contributed by atoms with Crippen LogP contribution in [-0.2, 0) is 11.3 Å². The van der Waals surface area contributed by atoms with Gasteiger partial charge >= 0.3 is 6.03 Å². The van der Waals surface area contributed by atoms with Crippen LogP contribution in [0.5, 0.6) is 0 Å². The van der Waals surface area contributed by atoms with Crippen LogP contribution in [0.1, 0.15) is 22.8 Å². The maximum absolute atomic E-state index is 13.1. The van der Waals surface area contributed by atoms with Crippen LogP contribution in [0.4, 0.5) is 14.9 Å². The van der Waals surface area contributed by atoms with Crippen molar-refractivity contribution in [3.8, 4) is 0 Å². The van der Waals surface area contributed by atoms with Gasteiger partial charge in [-0.05, 0) is 54.4 Å². The largest absolute Gasteiger partial charge is 0.368 e. The predicted octanol–water partition coefficient (Wildman–Crippen LogP) is 5.90. The van der Waals surface area contributed by atoms with Crippen molar-refractivity contribution in [2.24, 2.45) is 0 Å². The minimum absolute atomic E-state index is 0.114. The lowest BCUT2D eigenvalue weighted by Crippen LogP contribution is -2.50. The quantitative estimate of drug-likeness (QED) is 0.457. The average molecular weight is 482 g/mol. The monoisotopic (exact) mass is 481 g/mol. The first-order valence-electron chi connectivity index (χ1n) is 11.4. The van der Waals surface area contributed by atoms with Crippen molar-refractivity contribution in [2.45, 2.75) is 19.6 Å². The number of halogens is 2. The first kappa shape index (κ1) is 24.2. The van der Waals surface area contributed by atoms with E-state index in [1.54, 1.807) is 17.0 Å². The molecule has 1 aliphatic rings. The van der Waals surface area contributed by atoms with Crippen molar-refractivity contribution < 1.29 is 13.9 Å². The van der Waals surface area contributed by atoms with Crippen LogP contribution >= 0.6 is 11.6 Å². The van der Waals surface area contributed by atoms with E-state index in [-0.39, 0.29) is 18.0 Å². The maximum Gasteiger partial charge on any atom is 0.321 e. The highest BCUT2D eigenvalue weighted by Gasteiger charge is 2.24. The summed E-state index contributed by atoms with van der Waals surface area (Å²) in [6.07, 6.45) is -0.114. The predicted molar refractivity (Wildman–Crippen MR) is 134 cm³/mol. The Morgan fingerprint density at radius 1 is 1.03 bits per heavy atom. The smallest absolute Gasteiger partial charge is 0.321 e. The first-order chi connectivity index (χ1) is 16.5. The molecular weight excluding hydrogens is 453 g/mol. The van der Waals surface area contributed by atoms with E-state index in [9.17, 15) is 9.18 Å². The second-order valence-corrected chi connectivity index (χ2v) is 9.00. The standard InChI is InChI=1S/C27H29ClFN3O2/c1-20-3-2-4-21(17-20)19-34-26(22-5-7-23(28)8-6-22)18-31-13-15-32(16-14-31)27(33)30-25-11-9-24(29)10-12-25/h2-12,17,26H,13-16,18-19H2,1H3,(H,30,33). The number of hydrogen-bond donors (Lipinski definition) is 1. The van der Waals surface area contributed by atoms with Crippen LogP contribution in [0, 0.1) is 12.7 Å². The zero-order chi connectivity index (χ0) is 23.9. The summed E-state index contributed by atoms with van der Waals surface area (Å²) in [4.78, 5) is 16.7. The van der Waals surface area contributed by atoms with E-state index >= 15 is 0 Å². The molecule has 0 aliphatic carbocycles. The minimum Gasteiger partial charge on any atom is -0.368 e. The van der Waals surface area contributed by atoms with E-state index in [1.807, 2.05) is 30.3 Å². The molecule has 4 rings (SSSR count). The third-order valence-corrected chi connectivity index (χ3v) is 6.21. The van der Waals surface area contributed by atoms with Gasteiger partial charge in [0.25, 0.3) is 0 Å². The number of hydrogen-bond acceptors (Lipinski definition) is 3. The summed E-state index contributed by atoms with van der Waals surface area (Å²) in [5.41, 5.74) is 4.01. The van der Waals surface area contributed by atoms with Gasteiger partial charge in [-0.25, -0.2) is 9.18 Å². The number of amides is 2. The Morgan fingerprint density at radius 3 is 2.41 bits per heavy atom. The molecule has 1 fully saturated rings. The number of aryl methyl sites for hydroxylation is 1. The molecule has 0 spiro atoms. The Kier molecular flexibility index (Phi) is 8.16. The molecule has 3 aromatic rings. The second-order valence-electron chi connectivity index (χ2n) is 8.56. The summed E-state index contributed by atoms with van der Waals surface area (Å²) in [5.74, 6) is -0.327. The highest BCUT2D eigenvalue weighted by molar-refractivity contribution is 6.30. The summed E-state index contributed by atoms with van der Waals surface area (Å²) >= 11 is 6.10. The molecule has 0 saturated carbocycles. The van der Waals surface area contributed by atoms with Crippen molar-refractivity contribution in [3.63, 3.8) is 0 Å². The molecule has 2 amide bonds. The number of ether oxygens (including phenoxy) is 1. The number of nitrogens with zero attached hydrogens (tertiary/aromatic N) is 2. The van der Waals surface area contributed by atoms with Gasteiger partial charge in [0.05, 0.1) is 12.7 Å². The molecule has 0 bridgehead atoms. The van der Waals surface area contributed by atoms with Gasteiger partial charge in [0.2, 0.25) is 0 Å². The lowest BCUT2D eigenvalue weighted by Gasteiger charge is -2.36. The molecule has 34 heavy (non-hydrogen) atoms. The zero-order valence-corrected chi connectivity index (χ0v) is 20.0. The van der Waals surface area contributed by atoms with Crippen molar-refractivity contribution in [3.05, 3.63) is 100 Å². The van der Waals surface area contributed by atoms with E-state index in [0.717, 1.165) is 30.8 Å². The number of benzene rings is 3. The van der Waals surface area contributed by atoms with Crippen molar-refractivity contribution in [1.29, 1.82) is 0 Å². The van der Waals surface area contributed by atoms with Crippen molar-refractivity contribution in [1.82, 2.24) is 9.80 Å². The van der Waals surface area contributed by atoms with Crippen LogP contribution in [0.25, 0.3) is 0 Å². The molecular formula is C27H29ClFN3O2. The van der Waals surface area contributed by atoms with E-state index < -0.39 is 0 Å². The summed E-state index contributed by atoms with van der Waals surface area (Å²) in [6, 6.07) is 21.7. The molecule has 0 aromatic heterocycles. The lowest BCUT2D eigenvalue weighted by atomic mass is 10.1. The van der Waals surface area contributed by atoms with Gasteiger partial charge in [-0.1, -0.05) is 53.6 Å². The van der Waals surface area contributed by atoms with Crippen molar-refractivity contribution in [2.75, 3.05) is 38.0 Å². The van der Waals surface area contributed by atoms with Gasteiger partial charge in [0.1, 0.15) is 5.82 Å². The van der Waals surface area contributed by atoms with Crippen LogP contribution < -0.4 is 5.32 Å². The van der Waals surface area contributed by atoms with Gasteiger partial charge in [-0.3, -0.25) is 4.90 Å². The summed E-state index contributed by atoms with van der Waals surface area (Å²) < 4.78 is 19.5. The third-order valence-electron chi connectivity index (χ3n) is 5.95. The van der Waals surface area contributed by atoms with Gasteiger partial charge in [0.15, 0.2) is 0 Å². The van der Waals surface area contributed by atoms with Gasteiger partial charge in [0, 0.05) is 43.4 Å². The van der Waals surface area contributed by atoms with E-state index in [1.165, 1.54) is 17.7 Å². The molecule has 1 saturated heterocycles. The van der Waals surface area contributed by atoms with Gasteiger partial charge < -0.3 is 15.0 Å². The fourth-order valence-electron chi connectivity index (χ4n) is 4.03. The molecule has 1 heterocycles. The number of carbonyl (C=O) groups is 1. The summed E-state index contributed by atoms with van der Waals surface area (Å²) in [5, 5.41) is 3.53. The Bertz CT molecular complexity index is 1080. The molecule has 1 unspecified atom stereocenters. The molecule has 1 aliphatic heterocycles. The van der Waals surface area contributed by atoms with Crippen LogP contribution in [0.2, 0.25) is 5.02 Å². The van der Waals surface area contributed by atoms with Crippen LogP contribution in [0.15, 0.2) is 72.8 Å². The lowest BCUT2D eigenvalue weighted by molar-refractivity contribution is 0.00592. The fourth-order valence-corrected chi connectivity index (χ4v) is 4.16. The molecule has 7 heteroatoms. The summed E-state index contributed by atoms with van der Waals surface area (Å²) in [6.45, 7) is 6.03. The third kappa shape index (κ3) is 6.79. The molecule has 1 atom stereocenters. The Labute approximate surface area is 205 Å². The van der Waals surface area contributed by atoms with E-state index in [0.29, 0.717) is 30.4 Å². The van der Waals surface area contributed by atoms with Crippen LogP contribution in [0.3, 0.4) is 0 Å². The minimum atomic E-state index is -0.327. The topological polar surface area (TPSA) is 44.8 Å². The zero-order valence-electron chi connectivity index (χ0n) is 19.2. The number of carbonyl (C=O) groups excluding carboxylic acids is 1. The number of urea groups is 1. The normalized spacial score (nSPS) is 15.2. The Morgan fingerprint density at radius 2 is 1.74 bits per heavy atom. The molecule has 0 radical (unpaired) electrons. The SMILES string of the molecule is Cc1cccc(COC(CN2CCN(C(=O)Nc3ccc(F)cc3)CC2)c2ccc(Cl)cc2)c1. The van der Waals surface area contributed by atoms with E-state index in [4.69, 9.17) is 16.3 Å². The van der Waals surface area contributed by atoms with E-state index in [2.05, 4.69) is 35.3 Å². The Hall–Kier alpha value is -2.93. The second kappa shape index (κ2) is 11.5. The van der Waals surface area contributed by atoms with Crippen LogP contribution in [-0.4, -0.2) is 48.6 Å². The first-order valence-corrected chi connectivity index (χ1v) is 11.8. The molecule has 178 valence electrons. The molecule has 1 N–H and O–H groups in total. The average Bonchev–Trinajstić information content (AvgIpc) is 2.84. The molecule has 3 aromatic carbocycles. The van der Waals surface area contributed by atoms with Crippen molar-refractivity contribution >= 4 is 23.3 Å². The fraction of sp³-hybridized carbons (Fsp3) is 0.296. The highest BCUT2D eigenvalue weighted by atomic mass is 35.5. The number of anilines is 1. The van der Waals surface area contributed by atoms with Gasteiger partial charge in [-0.15, -0.1) is 0 Å². The number of piperazine rings is 1. The Balaban J connectivity index is 1.34.